The maximum Gasteiger partial charge on any atom is 0.307 e. The molecule has 0 fully saturated rings. The third kappa shape index (κ3) is 1.92. The van der Waals surface area contributed by atoms with Gasteiger partial charge < -0.3 is 5.11 Å². The number of pyridine rings is 1. The molecular weight excluding hydrogens is 154 g/mol. The van der Waals surface area contributed by atoms with Crippen LogP contribution in [0.1, 0.15) is 5.56 Å². The number of nitrogens with zero attached hydrogens (tertiary/aromatic N) is 1. The number of carbonyl (C=O) groups is 1. The summed E-state index contributed by atoms with van der Waals surface area (Å²) in [4.78, 5) is 14.2. The summed E-state index contributed by atoms with van der Waals surface area (Å²) in [6.45, 7) is 7.29. The van der Waals surface area contributed by atoms with Gasteiger partial charge in [-0.1, -0.05) is 13.2 Å². The second-order valence-electron chi connectivity index (χ2n) is 2.52. The predicted molar refractivity (Wildman–Crippen MR) is 45.9 cm³/mol. The molecule has 62 valence electrons. The molecule has 0 bridgehead atoms. The van der Waals surface area contributed by atoms with Gasteiger partial charge in [0.05, 0.1) is 11.8 Å². The van der Waals surface area contributed by atoms with E-state index < -0.39 is 5.97 Å². The van der Waals surface area contributed by atoms with E-state index in [-0.39, 0.29) is 6.42 Å². The lowest BCUT2D eigenvalue weighted by Gasteiger charge is -1.94. The normalized spacial score (nSPS) is 9.67. The van der Waals surface area contributed by atoms with Crippen molar-refractivity contribution in [3.05, 3.63) is 28.4 Å². The van der Waals surface area contributed by atoms with Crippen molar-refractivity contribution in [2.24, 2.45) is 0 Å². The van der Waals surface area contributed by atoms with E-state index in [1.165, 1.54) is 6.20 Å². The topological polar surface area (TPSA) is 50.2 Å². The Morgan fingerprint density at radius 2 is 2.25 bits per heavy atom. The van der Waals surface area contributed by atoms with Crippen LogP contribution in [0.25, 0.3) is 13.2 Å². The molecule has 0 saturated carbocycles. The Labute approximate surface area is 69.7 Å². The average molecular weight is 163 g/mol. The van der Waals surface area contributed by atoms with E-state index in [9.17, 15) is 4.79 Å². The molecular formula is C9H9NO2. The highest BCUT2D eigenvalue weighted by molar-refractivity contribution is 5.69. The Balaban J connectivity index is 3.06. The van der Waals surface area contributed by atoms with Gasteiger partial charge in [-0.2, -0.15) is 0 Å². The van der Waals surface area contributed by atoms with E-state index in [1.807, 2.05) is 0 Å². The number of aromatic nitrogens is 1. The molecule has 0 aliphatic heterocycles. The SMILES string of the molecule is C=c1cc(CC(=O)O)cnc1=C. The van der Waals surface area contributed by atoms with Gasteiger partial charge in [-0.25, -0.2) is 0 Å². The predicted octanol–water partition coefficient (Wildman–Crippen LogP) is -0.471. The van der Waals surface area contributed by atoms with Crippen LogP contribution >= 0.6 is 0 Å². The Morgan fingerprint density at radius 3 is 2.75 bits per heavy atom. The third-order valence-electron chi connectivity index (χ3n) is 1.47. The maximum atomic E-state index is 10.3. The fourth-order valence-corrected chi connectivity index (χ4v) is 0.859. The largest absolute Gasteiger partial charge is 0.481 e. The molecule has 3 nitrogen and oxygen atoms in total. The molecule has 1 aromatic rings. The highest BCUT2D eigenvalue weighted by Crippen LogP contribution is 1.90. The Bertz CT molecular complexity index is 397. The lowest BCUT2D eigenvalue weighted by molar-refractivity contribution is -0.136. The monoisotopic (exact) mass is 163 g/mol. The summed E-state index contributed by atoms with van der Waals surface area (Å²) >= 11 is 0. The summed E-state index contributed by atoms with van der Waals surface area (Å²) in [5.74, 6) is -0.868. The minimum Gasteiger partial charge on any atom is -0.481 e. The molecule has 1 rings (SSSR count). The Kier molecular flexibility index (Phi) is 2.24. The van der Waals surface area contributed by atoms with Crippen molar-refractivity contribution in [1.82, 2.24) is 4.98 Å². The number of hydrogen-bond donors (Lipinski definition) is 1. The van der Waals surface area contributed by atoms with Gasteiger partial charge in [-0.3, -0.25) is 9.78 Å². The van der Waals surface area contributed by atoms with E-state index in [0.717, 1.165) is 0 Å². The molecule has 12 heavy (non-hydrogen) atoms. The van der Waals surface area contributed by atoms with Crippen LogP contribution in [-0.4, -0.2) is 16.1 Å². The maximum absolute atomic E-state index is 10.3. The van der Waals surface area contributed by atoms with Crippen molar-refractivity contribution in [1.29, 1.82) is 0 Å². The standard InChI is InChI=1S/C9H9NO2/c1-6-3-8(4-9(11)12)5-10-7(6)2/h3,5H,1-2,4H2,(H,11,12). The Morgan fingerprint density at radius 1 is 1.58 bits per heavy atom. The smallest absolute Gasteiger partial charge is 0.307 e. The molecule has 0 spiro atoms. The third-order valence-corrected chi connectivity index (χ3v) is 1.47. The second-order valence-corrected chi connectivity index (χ2v) is 2.52. The summed E-state index contributed by atoms with van der Waals surface area (Å²) in [7, 11) is 0. The summed E-state index contributed by atoms with van der Waals surface area (Å²) in [5, 5.41) is 9.73. The molecule has 1 heterocycles. The number of hydrogen-bond acceptors (Lipinski definition) is 2. The first-order valence-electron chi connectivity index (χ1n) is 3.44. The molecule has 1 N–H and O–H groups in total. The van der Waals surface area contributed by atoms with Crippen molar-refractivity contribution in [2.75, 3.05) is 0 Å². The van der Waals surface area contributed by atoms with Crippen molar-refractivity contribution in [3.63, 3.8) is 0 Å². The molecule has 0 amide bonds. The van der Waals surface area contributed by atoms with Crippen LogP contribution < -0.4 is 10.6 Å². The zero-order valence-electron chi connectivity index (χ0n) is 6.58. The molecule has 0 aliphatic rings. The fourth-order valence-electron chi connectivity index (χ4n) is 0.859. The van der Waals surface area contributed by atoms with Crippen molar-refractivity contribution in [3.8, 4) is 0 Å². The van der Waals surface area contributed by atoms with E-state index in [2.05, 4.69) is 18.1 Å². The molecule has 0 radical (unpaired) electrons. The minimum atomic E-state index is -0.868. The van der Waals surface area contributed by atoms with Crippen LogP contribution in [0.4, 0.5) is 0 Å². The molecule has 0 aromatic carbocycles. The van der Waals surface area contributed by atoms with Gasteiger partial charge in [0.2, 0.25) is 0 Å². The summed E-state index contributed by atoms with van der Waals surface area (Å²) in [6.07, 6.45) is 1.49. The van der Waals surface area contributed by atoms with Gasteiger partial charge in [-0.05, 0) is 16.8 Å². The van der Waals surface area contributed by atoms with Crippen LogP contribution in [0.15, 0.2) is 12.3 Å². The summed E-state index contributed by atoms with van der Waals surface area (Å²) < 4.78 is 0. The number of carboxylic acid groups (broad SMARTS) is 1. The first-order valence-corrected chi connectivity index (χ1v) is 3.44. The van der Waals surface area contributed by atoms with Gasteiger partial charge in [0.25, 0.3) is 0 Å². The van der Waals surface area contributed by atoms with Crippen LogP contribution in [0.5, 0.6) is 0 Å². The highest BCUT2D eigenvalue weighted by Gasteiger charge is 1.99. The van der Waals surface area contributed by atoms with Crippen molar-refractivity contribution >= 4 is 19.1 Å². The van der Waals surface area contributed by atoms with E-state index >= 15 is 0 Å². The fraction of sp³-hybridized carbons (Fsp3) is 0.111. The van der Waals surface area contributed by atoms with Gasteiger partial charge in [0, 0.05) is 6.20 Å². The van der Waals surface area contributed by atoms with Crippen LogP contribution in [0.3, 0.4) is 0 Å². The minimum absolute atomic E-state index is 0.0181. The van der Waals surface area contributed by atoms with E-state index in [4.69, 9.17) is 5.11 Å². The average Bonchev–Trinajstić information content (AvgIpc) is 1.96. The lowest BCUT2D eigenvalue weighted by Crippen LogP contribution is -2.25. The highest BCUT2D eigenvalue weighted by atomic mass is 16.4. The molecule has 1 aromatic heterocycles. The molecule has 3 heteroatoms. The van der Waals surface area contributed by atoms with Gasteiger partial charge in [0.15, 0.2) is 0 Å². The molecule has 0 saturated heterocycles. The van der Waals surface area contributed by atoms with E-state index in [1.54, 1.807) is 6.07 Å². The van der Waals surface area contributed by atoms with Gasteiger partial charge >= 0.3 is 5.97 Å². The summed E-state index contributed by atoms with van der Waals surface area (Å²) in [6, 6.07) is 1.68. The molecule has 0 aliphatic carbocycles. The molecule has 0 unspecified atom stereocenters. The van der Waals surface area contributed by atoms with Crippen molar-refractivity contribution < 1.29 is 9.90 Å². The van der Waals surface area contributed by atoms with Gasteiger partial charge in [-0.15, -0.1) is 0 Å². The zero-order chi connectivity index (χ0) is 9.14. The number of aliphatic carboxylic acids is 1. The van der Waals surface area contributed by atoms with Crippen LogP contribution in [0, 0.1) is 0 Å². The number of rotatable bonds is 2. The van der Waals surface area contributed by atoms with Gasteiger partial charge in [0.1, 0.15) is 0 Å². The van der Waals surface area contributed by atoms with Crippen LogP contribution in [0.2, 0.25) is 0 Å². The first-order chi connectivity index (χ1) is 5.59. The van der Waals surface area contributed by atoms with E-state index in [0.29, 0.717) is 16.1 Å². The quantitative estimate of drug-likeness (QED) is 0.641. The zero-order valence-corrected chi connectivity index (χ0v) is 6.58. The lowest BCUT2D eigenvalue weighted by atomic mass is 10.2. The number of carboxylic acids is 1. The van der Waals surface area contributed by atoms with Crippen molar-refractivity contribution in [2.45, 2.75) is 6.42 Å². The summed E-state index contributed by atoms with van der Waals surface area (Å²) in [5.41, 5.74) is 0.653. The second kappa shape index (κ2) is 3.17. The van der Waals surface area contributed by atoms with Crippen LogP contribution in [-0.2, 0) is 11.2 Å². The molecule has 0 atom stereocenters. The first kappa shape index (κ1) is 8.46. The Hall–Kier alpha value is -1.64.